The zero-order chi connectivity index (χ0) is 20.9. The van der Waals surface area contributed by atoms with Crippen molar-refractivity contribution in [2.75, 3.05) is 0 Å². The van der Waals surface area contributed by atoms with Gasteiger partial charge in [0.05, 0.1) is 11.3 Å². The Hall–Kier alpha value is -3.15. The summed E-state index contributed by atoms with van der Waals surface area (Å²) in [4.78, 5) is 16.7. The van der Waals surface area contributed by atoms with Gasteiger partial charge in [-0.2, -0.15) is 13.2 Å². The minimum atomic E-state index is -4.52. The summed E-state index contributed by atoms with van der Waals surface area (Å²) in [6.07, 6.45) is -2.75. The monoisotopic (exact) mass is 399 g/mol. The largest absolute Gasteiger partial charge is 0.447 e. The van der Waals surface area contributed by atoms with Crippen LogP contribution in [0.1, 0.15) is 35.7 Å². The molecule has 2 aromatic carbocycles. The summed E-state index contributed by atoms with van der Waals surface area (Å²) in [6, 6.07) is 19.1. The van der Waals surface area contributed by atoms with Crippen LogP contribution in [0.4, 0.5) is 13.2 Å². The van der Waals surface area contributed by atoms with Crippen LogP contribution in [-0.2, 0) is 27.7 Å². The molecule has 3 nitrogen and oxygen atoms in total. The van der Waals surface area contributed by atoms with E-state index < -0.39 is 23.3 Å². The van der Waals surface area contributed by atoms with E-state index in [-0.39, 0.29) is 18.4 Å². The van der Waals surface area contributed by atoms with Gasteiger partial charge in [0, 0.05) is 24.6 Å². The van der Waals surface area contributed by atoms with Crippen LogP contribution in [0.3, 0.4) is 0 Å². The SMILES string of the molecule is CCC(=O)OC(Cc1ccccc1)(c1cccc(C(F)(F)F)c1)c1ccccn1. The second kappa shape index (κ2) is 8.47. The number of esters is 1. The molecule has 29 heavy (non-hydrogen) atoms. The molecule has 0 amide bonds. The average Bonchev–Trinajstić information content (AvgIpc) is 2.74. The molecular formula is C23H20F3NO2. The van der Waals surface area contributed by atoms with Gasteiger partial charge in [0.2, 0.25) is 0 Å². The quantitative estimate of drug-likeness (QED) is 0.511. The van der Waals surface area contributed by atoms with E-state index in [1.165, 1.54) is 18.3 Å². The summed E-state index contributed by atoms with van der Waals surface area (Å²) in [5, 5.41) is 0. The van der Waals surface area contributed by atoms with Crippen molar-refractivity contribution < 1.29 is 22.7 Å². The first-order valence-electron chi connectivity index (χ1n) is 9.20. The number of halogens is 3. The van der Waals surface area contributed by atoms with Gasteiger partial charge < -0.3 is 4.74 Å². The molecule has 0 aliphatic rings. The number of hydrogen-bond acceptors (Lipinski definition) is 3. The van der Waals surface area contributed by atoms with Crippen molar-refractivity contribution >= 4 is 5.97 Å². The number of carbonyl (C=O) groups excluding carboxylic acids is 1. The minimum absolute atomic E-state index is 0.0856. The molecule has 0 aliphatic heterocycles. The second-order valence-electron chi connectivity index (χ2n) is 6.61. The maximum atomic E-state index is 13.4. The van der Waals surface area contributed by atoms with E-state index >= 15 is 0 Å². The van der Waals surface area contributed by atoms with E-state index in [2.05, 4.69) is 4.98 Å². The summed E-state index contributed by atoms with van der Waals surface area (Å²) in [5.74, 6) is -0.524. The average molecular weight is 399 g/mol. The highest BCUT2D eigenvalue weighted by Gasteiger charge is 2.41. The molecule has 0 saturated carbocycles. The number of benzene rings is 2. The molecule has 3 rings (SSSR count). The Morgan fingerprint density at radius 2 is 1.62 bits per heavy atom. The fraction of sp³-hybridized carbons (Fsp3) is 0.217. The Balaban J connectivity index is 2.24. The Morgan fingerprint density at radius 1 is 0.931 bits per heavy atom. The van der Waals surface area contributed by atoms with Crippen LogP contribution in [-0.4, -0.2) is 11.0 Å². The first-order valence-corrected chi connectivity index (χ1v) is 9.20. The molecule has 1 atom stereocenters. The van der Waals surface area contributed by atoms with Gasteiger partial charge in [-0.1, -0.05) is 55.5 Å². The number of hydrogen-bond donors (Lipinski definition) is 0. The lowest BCUT2D eigenvalue weighted by Crippen LogP contribution is -2.37. The lowest BCUT2D eigenvalue weighted by Gasteiger charge is -2.34. The fourth-order valence-corrected chi connectivity index (χ4v) is 3.19. The van der Waals surface area contributed by atoms with Crippen LogP contribution in [0.5, 0.6) is 0 Å². The molecule has 0 spiro atoms. The summed E-state index contributed by atoms with van der Waals surface area (Å²) < 4.78 is 46.0. The molecular weight excluding hydrogens is 379 g/mol. The van der Waals surface area contributed by atoms with E-state index in [0.717, 1.165) is 17.7 Å². The van der Waals surface area contributed by atoms with Gasteiger partial charge in [-0.05, 0) is 29.8 Å². The summed E-state index contributed by atoms with van der Waals surface area (Å²) in [5.41, 5.74) is -0.909. The summed E-state index contributed by atoms with van der Waals surface area (Å²) in [7, 11) is 0. The number of carbonyl (C=O) groups is 1. The smallest absolute Gasteiger partial charge is 0.416 e. The van der Waals surface area contributed by atoms with Gasteiger partial charge in [-0.15, -0.1) is 0 Å². The van der Waals surface area contributed by atoms with Crippen molar-refractivity contribution in [1.29, 1.82) is 0 Å². The lowest BCUT2D eigenvalue weighted by molar-refractivity contribution is -0.156. The fourth-order valence-electron chi connectivity index (χ4n) is 3.19. The van der Waals surface area contributed by atoms with Crippen LogP contribution in [0, 0.1) is 0 Å². The lowest BCUT2D eigenvalue weighted by atomic mass is 9.83. The number of rotatable bonds is 6. The molecule has 1 aromatic heterocycles. The second-order valence-corrected chi connectivity index (χ2v) is 6.61. The van der Waals surface area contributed by atoms with Gasteiger partial charge in [-0.3, -0.25) is 9.78 Å². The molecule has 0 N–H and O–H groups in total. The number of nitrogens with zero attached hydrogens (tertiary/aromatic N) is 1. The van der Waals surface area contributed by atoms with Crippen LogP contribution in [0.2, 0.25) is 0 Å². The van der Waals surface area contributed by atoms with Crippen molar-refractivity contribution in [2.45, 2.75) is 31.5 Å². The molecule has 0 radical (unpaired) electrons. The van der Waals surface area contributed by atoms with Gasteiger partial charge in [-0.25, -0.2) is 0 Å². The first-order chi connectivity index (χ1) is 13.8. The molecule has 0 bridgehead atoms. The number of pyridine rings is 1. The van der Waals surface area contributed by atoms with Gasteiger partial charge in [0.1, 0.15) is 0 Å². The van der Waals surface area contributed by atoms with E-state index in [1.54, 1.807) is 25.1 Å². The molecule has 3 aromatic rings. The maximum absolute atomic E-state index is 13.4. The zero-order valence-electron chi connectivity index (χ0n) is 15.8. The zero-order valence-corrected chi connectivity index (χ0v) is 15.8. The van der Waals surface area contributed by atoms with Crippen LogP contribution < -0.4 is 0 Å². The van der Waals surface area contributed by atoms with Crippen molar-refractivity contribution in [3.05, 3.63) is 101 Å². The third kappa shape index (κ3) is 4.65. The third-order valence-corrected chi connectivity index (χ3v) is 4.61. The Labute approximate surface area is 167 Å². The first kappa shape index (κ1) is 20.6. The molecule has 1 heterocycles. The maximum Gasteiger partial charge on any atom is 0.416 e. The Kier molecular flexibility index (Phi) is 6.01. The van der Waals surface area contributed by atoms with Gasteiger partial charge in [0.15, 0.2) is 5.60 Å². The van der Waals surface area contributed by atoms with Gasteiger partial charge >= 0.3 is 12.1 Å². The van der Waals surface area contributed by atoms with Crippen molar-refractivity contribution in [3.8, 4) is 0 Å². The minimum Gasteiger partial charge on any atom is -0.447 e. The predicted octanol–water partition coefficient (Wildman–Crippen LogP) is 5.54. The highest BCUT2D eigenvalue weighted by molar-refractivity contribution is 5.70. The van der Waals surface area contributed by atoms with Crippen molar-refractivity contribution in [1.82, 2.24) is 4.98 Å². The van der Waals surface area contributed by atoms with Crippen molar-refractivity contribution in [3.63, 3.8) is 0 Å². The highest BCUT2D eigenvalue weighted by atomic mass is 19.4. The third-order valence-electron chi connectivity index (χ3n) is 4.61. The van der Waals surface area contributed by atoms with E-state index in [4.69, 9.17) is 4.74 Å². The molecule has 1 unspecified atom stereocenters. The Bertz CT molecular complexity index is 959. The molecule has 0 aliphatic carbocycles. The standard InChI is InChI=1S/C23H20F3NO2/c1-2-21(28)29-22(20-13-6-7-14-27-20,16-17-9-4-3-5-10-17)18-11-8-12-19(15-18)23(24,25)26/h3-15H,2,16H2,1H3. The number of ether oxygens (including phenoxy) is 1. The summed E-state index contributed by atoms with van der Waals surface area (Å²) in [6.45, 7) is 1.64. The highest BCUT2D eigenvalue weighted by Crippen LogP contribution is 2.39. The molecule has 0 saturated heterocycles. The number of alkyl halides is 3. The predicted molar refractivity (Wildman–Crippen MR) is 103 cm³/mol. The van der Waals surface area contributed by atoms with E-state index in [0.29, 0.717) is 5.69 Å². The number of aromatic nitrogens is 1. The molecule has 0 fully saturated rings. The summed E-state index contributed by atoms with van der Waals surface area (Å²) >= 11 is 0. The van der Waals surface area contributed by atoms with Crippen LogP contribution in [0.25, 0.3) is 0 Å². The van der Waals surface area contributed by atoms with Crippen LogP contribution >= 0.6 is 0 Å². The van der Waals surface area contributed by atoms with E-state index in [9.17, 15) is 18.0 Å². The van der Waals surface area contributed by atoms with Crippen LogP contribution in [0.15, 0.2) is 79.0 Å². The Morgan fingerprint density at radius 3 is 2.24 bits per heavy atom. The topological polar surface area (TPSA) is 39.2 Å². The molecule has 6 heteroatoms. The molecule has 150 valence electrons. The van der Waals surface area contributed by atoms with Crippen molar-refractivity contribution in [2.24, 2.45) is 0 Å². The van der Waals surface area contributed by atoms with E-state index in [1.807, 2.05) is 30.3 Å². The normalized spacial score (nSPS) is 13.5. The van der Waals surface area contributed by atoms with Gasteiger partial charge in [0.25, 0.3) is 0 Å².